The van der Waals surface area contributed by atoms with Crippen LogP contribution in [0, 0.1) is 0 Å². The molecule has 3 aliphatic rings. The molecule has 96 valence electrons. The number of urea groups is 1. The van der Waals surface area contributed by atoms with Crippen LogP contribution < -0.4 is 10.6 Å². The van der Waals surface area contributed by atoms with Crippen molar-refractivity contribution in [3.8, 4) is 0 Å². The van der Waals surface area contributed by atoms with Gasteiger partial charge in [-0.2, -0.15) is 0 Å². The molecule has 5 nitrogen and oxygen atoms in total. The van der Waals surface area contributed by atoms with Crippen molar-refractivity contribution in [1.29, 1.82) is 0 Å². The van der Waals surface area contributed by atoms with Crippen LogP contribution >= 0.6 is 0 Å². The van der Waals surface area contributed by atoms with Crippen LogP contribution in [-0.4, -0.2) is 55.4 Å². The van der Waals surface area contributed by atoms with Gasteiger partial charge in [0.15, 0.2) is 0 Å². The number of carbonyl (C=O) groups is 1. The number of nitrogens with one attached hydrogen (secondary N) is 2. The third-order valence-corrected chi connectivity index (χ3v) is 4.13. The van der Waals surface area contributed by atoms with Crippen LogP contribution in [0.2, 0.25) is 0 Å². The number of rotatable bonds is 1. The minimum atomic E-state index is 0.110. The Morgan fingerprint density at radius 1 is 1.35 bits per heavy atom. The first kappa shape index (κ1) is 11.3. The molecule has 2 heterocycles. The van der Waals surface area contributed by atoms with Gasteiger partial charge >= 0.3 is 6.03 Å². The van der Waals surface area contributed by atoms with E-state index in [0.29, 0.717) is 18.7 Å². The lowest BCUT2D eigenvalue weighted by Crippen LogP contribution is -2.56. The first-order valence-corrected chi connectivity index (χ1v) is 6.74. The summed E-state index contributed by atoms with van der Waals surface area (Å²) < 4.78 is 5.72. The molecule has 1 aliphatic carbocycles. The third-order valence-electron chi connectivity index (χ3n) is 4.13. The fraction of sp³-hybridized carbons (Fsp3) is 0.917. The number of amides is 2. The number of nitrogens with zero attached hydrogens (tertiary/aromatic N) is 1. The summed E-state index contributed by atoms with van der Waals surface area (Å²) in [5, 5.41) is 6.40. The summed E-state index contributed by atoms with van der Waals surface area (Å²) in [6.45, 7) is 3.36. The van der Waals surface area contributed by atoms with Gasteiger partial charge in [0, 0.05) is 19.1 Å². The van der Waals surface area contributed by atoms with Crippen molar-refractivity contribution in [3.63, 3.8) is 0 Å². The van der Waals surface area contributed by atoms with Gasteiger partial charge in [0.05, 0.1) is 18.8 Å². The van der Waals surface area contributed by atoms with Crippen LogP contribution in [-0.2, 0) is 4.74 Å². The largest absolute Gasteiger partial charge is 0.374 e. The average Bonchev–Trinajstić information content (AvgIpc) is 2.97. The summed E-state index contributed by atoms with van der Waals surface area (Å²) >= 11 is 0. The highest BCUT2D eigenvalue weighted by atomic mass is 16.5. The molecule has 0 aromatic heterocycles. The highest BCUT2D eigenvalue weighted by molar-refractivity contribution is 5.75. The zero-order valence-electron chi connectivity index (χ0n) is 10.2. The van der Waals surface area contributed by atoms with E-state index >= 15 is 0 Å². The number of ether oxygens (including phenoxy) is 1. The Morgan fingerprint density at radius 3 is 3.12 bits per heavy atom. The molecule has 17 heavy (non-hydrogen) atoms. The Bertz CT molecular complexity index is 291. The second kappa shape index (κ2) is 4.82. The number of hydrogen-bond donors (Lipinski definition) is 2. The molecule has 0 bridgehead atoms. The number of morpholine rings is 1. The Labute approximate surface area is 102 Å². The van der Waals surface area contributed by atoms with E-state index < -0.39 is 0 Å². The molecular weight excluding hydrogens is 218 g/mol. The van der Waals surface area contributed by atoms with Crippen molar-refractivity contribution in [1.82, 2.24) is 15.5 Å². The van der Waals surface area contributed by atoms with Gasteiger partial charge in [0.2, 0.25) is 0 Å². The maximum atomic E-state index is 12.2. The van der Waals surface area contributed by atoms with Crippen LogP contribution in [0.4, 0.5) is 4.79 Å². The minimum Gasteiger partial charge on any atom is -0.374 e. The van der Waals surface area contributed by atoms with Crippen LogP contribution in [0.5, 0.6) is 0 Å². The van der Waals surface area contributed by atoms with Gasteiger partial charge in [-0.3, -0.25) is 0 Å². The maximum absolute atomic E-state index is 12.2. The lowest BCUT2D eigenvalue weighted by Gasteiger charge is -2.38. The van der Waals surface area contributed by atoms with Crippen molar-refractivity contribution in [2.45, 2.75) is 43.9 Å². The standard InChI is InChI=1S/C12H21N3O2/c16-12(14-9-4-5-13-8-9)15-6-7-17-11-3-1-2-10(11)15/h9-11,13H,1-8H2,(H,14,16)/t9?,10-,11+/m1/s1. The second-order valence-electron chi connectivity index (χ2n) is 5.24. The normalized spacial score (nSPS) is 36.9. The highest BCUT2D eigenvalue weighted by Crippen LogP contribution is 2.29. The monoisotopic (exact) mass is 239 g/mol. The number of fused-ring (bicyclic) bond motifs is 1. The highest BCUT2D eigenvalue weighted by Gasteiger charge is 2.38. The molecule has 0 aromatic rings. The third kappa shape index (κ3) is 2.26. The van der Waals surface area contributed by atoms with Crippen LogP contribution in [0.3, 0.4) is 0 Å². The van der Waals surface area contributed by atoms with Crippen molar-refractivity contribution >= 4 is 6.03 Å². The fourth-order valence-electron chi connectivity index (χ4n) is 3.21. The van der Waals surface area contributed by atoms with Gasteiger partial charge in [-0.1, -0.05) is 0 Å². The molecule has 1 saturated carbocycles. The Kier molecular flexibility index (Phi) is 3.20. The van der Waals surface area contributed by atoms with E-state index in [4.69, 9.17) is 4.74 Å². The summed E-state index contributed by atoms with van der Waals surface area (Å²) in [5.41, 5.74) is 0. The first-order valence-electron chi connectivity index (χ1n) is 6.74. The molecule has 1 unspecified atom stereocenters. The van der Waals surface area contributed by atoms with E-state index in [1.54, 1.807) is 0 Å². The fourth-order valence-corrected chi connectivity index (χ4v) is 3.21. The predicted octanol–water partition coefficient (Wildman–Crippen LogP) is 0.311. The van der Waals surface area contributed by atoms with Gasteiger partial charge in [0.1, 0.15) is 0 Å². The van der Waals surface area contributed by atoms with Gasteiger partial charge in [-0.15, -0.1) is 0 Å². The van der Waals surface area contributed by atoms with E-state index in [-0.39, 0.29) is 12.1 Å². The van der Waals surface area contributed by atoms with Crippen molar-refractivity contribution in [3.05, 3.63) is 0 Å². The van der Waals surface area contributed by atoms with Crippen molar-refractivity contribution in [2.24, 2.45) is 0 Å². The van der Waals surface area contributed by atoms with Crippen molar-refractivity contribution in [2.75, 3.05) is 26.2 Å². The minimum absolute atomic E-state index is 0.110. The molecule has 2 aliphatic heterocycles. The summed E-state index contributed by atoms with van der Waals surface area (Å²) in [7, 11) is 0. The molecule has 3 atom stereocenters. The molecule has 3 rings (SSSR count). The van der Waals surface area contributed by atoms with Gasteiger partial charge in [-0.05, 0) is 32.2 Å². The molecule has 0 radical (unpaired) electrons. The van der Waals surface area contributed by atoms with Gasteiger partial charge in [-0.25, -0.2) is 4.79 Å². The lowest BCUT2D eigenvalue weighted by atomic mass is 10.1. The molecule has 2 saturated heterocycles. The van der Waals surface area contributed by atoms with Gasteiger partial charge < -0.3 is 20.3 Å². The van der Waals surface area contributed by atoms with E-state index in [2.05, 4.69) is 10.6 Å². The smallest absolute Gasteiger partial charge is 0.318 e. The maximum Gasteiger partial charge on any atom is 0.318 e. The molecule has 3 fully saturated rings. The zero-order chi connectivity index (χ0) is 11.7. The van der Waals surface area contributed by atoms with E-state index in [1.165, 1.54) is 6.42 Å². The van der Waals surface area contributed by atoms with Crippen LogP contribution in [0.15, 0.2) is 0 Å². The summed E-state index contributed by atoms with van der Waals surface area (Å²) in [6, 6.07) is 0.738. The summed E-state index contributed by atoms with van der Waals surface area (Å²) in [6.07, 6.45) is 4.73. The number of hydrogen-bond acceptors (Lipinski definition) is 3. The van der Waals surface area contributed by atoms with Crippen LogP contribution in [0.25, 0.3) is 0 Å². The molecular formula is C12H21N3O2. The van der Waals surface area contributed by atoms with E-state index in [1.807, 2.05) is 4.90 Å². The van der Waals surface area contributed by atoms with E-state index in [9.17, 15) is 4.79 Å². The molecule has 2 N–H and O–H groups in total. The zero-order valence-corrected chi connectivity index (χ0v) is 10.2. The topological polar surface area (TPSA) is 53.6 Å². The Hall–Kier alpha value is -0.810. The quantitative estimate of drug-likeness (QED) is 0.692. The van der Waals surface area contributed by atoms with Gasteiger partial charge in [0.25, 0.3) is 0 Å². The molecule has 2 amide bonds. The molecule has 5 heteroatoms. The SMILES string of the molecule is O=C(NC1CCNC1)N1CCO[C@H]2CCC[C@H]21. The Morgan fingerprint density at radius 2 is 2.29 bits per heavy atom. The number of carbonyl (C=O) groups excluding carboxylic acids is 1. The molecule has 0 aromatic carbocycles. The van der Waals surface area contributed by atoms with Crippen LogP contribution in [0.1, 0.15) is 25.7 Å². The Balaban J connectivity index is 1.59. The molecule has 0 spiro atoms. The lowest BCUT2D eigenvalue weighted by molar-refractivity contribution is -0.0385. The second-order valence-corrected chi connectivity index (χ2v) is 5.24. The van der Waals surface area contributed by atoms with Crippen molar-refractivity contribution < 1.29 is 9.53 Å². The average molecular weight is 239 g/mol. The first-order chi connectivity index (χ1) is 8.34. The summed E-state index contributed by atoms with van der Waals surface area (Å²) in [5.74, 6) is 0. The van der Waals surface area contributed by atoms with E-state index in [0.717, 1.165) is 38.9 Å². The predicted molar refractivity (Wildman–Crippen MR) is 63.9 cm³/mol. The summed E-state index contributed by atoms with van der Waals surface area (Å²) in [4.78, 5) is 14.2.